The quantitative estimate of drug-likeness (QED) is 0.516. The molecule has 0 atom stereocenters. The van der Waals surface area contributed by atoms with Gasteiger partial charge in [-0.2, -0.15) is 0 Å². The molecule has 0 radical (unpaired) electrons. The molecule has 114 valence electrons. The van der Waals surface area contributed by atoms with Crippen molar-refractivity contribution in [3.05, 3.63) is 71.4 Å². The first-order chi connectivity index (χ1) is 11.3. The largest absolute Gasteiger partial charge is 0.293 e. The molecule has 0 fully saturated rings. The van der Waals surface area contributed by atoms with Crippen LogP contribution in [-0.4, -0.2) is 16.5 Å². The highest BCUT2D eigenvalue weighted by molar-refractivity contribution is 8.00. The molecule has 4 rings (SSSR count). The number of fused-ring (bicyclic) bond motifs is 2. The molecule has 0 saturated heterocycles. The number of hydrogen-bond acceptors (Lipinski definition) is 3. The topological polar surface area (TPSA) is 30.0 Å². The molecule has 1 aromatic heterocycles. The van der Waals surface area contributed by atoms with E-state index in [1.165, 1.54) is 17.5 Å². The van der Waals surface area contributed by atoms with Crippen LogP contribution < -0.4 is 0 Å². The molecule has 1 heterocycles. The van der Waals surface area contributed by atoms with E-state index in [2.05, 4.69) is 23.2 Å². The average Bonchev–Trinajstić information content (AvgIpc) is 3.07. The van der Waals surface area contributed by atoms with E-state index in [1.54, 1.807) is 11.8 Å². The number of pyridine rings is 1. The van der Waals surface area contributed by atoms with Crippen molar-refractivity contribution in [1.82, 2.24) is 4.98 Å². The van der Waals surface area contributed by atoms with Gasteiger partial charge in [-0.05, 0) is 48.6 Å². The van der Waals surface area contributed by atoms with Crippen molar-refractivity contribution in [3.63, 3.8) is 0 Å². The minimum absolute atomic E-state index is 0.200. The van der Waals surface area contributed by atoms with Crippen LogP contribution in [0.3, 0.4) is 0 Å². The van der Waals surface area contributed by atoms with Gasteiger partial charge in [0.05, 0.1) is 11.3 Å². The van der Waals surface area contributed by atoms with Gasteiger partial charge in [-0.15, -0.1) is 11.8 Å². The van der Waals surface area contributed by atoms with Crippen LogP contribution in [0.15, 0.2) is 59.6 Å². The van der Waals surface area contributed by atoms with Crippen LogP contribution in [-0.2, 0) is 12.8 Å². The molecule has 3 heteroatoms. The number of carbonyl (C=O) groups is 1. The maximum absolute atomic E-state index is 12.5. The van der Waals surface area contributed by atoms with Crippen LogP contribution in [0.25, 0.3) is 10.9 Å². The van der Waals surface area contributed by atoms with Crippen molar-refractivity contribution < 1.29 is 4.79 Å². The number of aryl methyl sites for hydroxylation is 2. The summed E-state index contributed by atoms with van der Waals surface area (Å²) in [5.41, 5.74) is 4.59. The molecule has 2 nitrogen and oxygen atoms in total. The molecule has 1 aliphatic carbocycles. The molecule has 1 aliphatic rings. The van der Waals surface area contributed by atoms with E-state index in [0.29, 0.717) is 5.75 Å². The first-order valence-corrected chi connectivity index (χ1v) is 8.91. The van der Waals surface area contributed by atoms with E-state index in [9.17, 15) is 4.79 Å². The average molecular weight is 319 g/mol. The standard InChI is InChI=1S/C20H17NOS/c22-19(16-9-8-14-4-3-5-15(14)12-16)13-23-20-10-11-21-18-7-2-1-6-17(18)20/h1-2,6-12H,3-5,13H2. The highest BCUT2D eigenvalue weighted by atomic mass is 32.2. The minimum atomic E-state index is 0.200. The fourth-order valence-electron chi connectivity index (χ4n) is 3.17. The zero-order chi connectivity index (χ0) is 15.6. The lowest BCUT2D eigenvalue weighted by atomic mass is 10.0. The van der Waals surface area contributed by atoms with E-state index in [0.717, 1.165) is 34.2 Å². The molecule has 0 unspecified atom stereocenters. The molecular weight excluding hydrogens is 302 g/mol. The molecule has 0 N–H and O–H groups in total. The van der Waals surface area contributed by atoms with Crippen molar-refractivity contribution in [3.8, 4) is 0 Å². The Morgan fingerprint density at radius 3 is 2.87 bits per heavy atom. The number of Topliss-reactive ketones (excluding diaryl/α,β-unsaturated/α-hetero) is 1. The number of para-hydroxylation sites is 1. The van der Waals surface area contributed by atoms with Gasteiger partial charge < -0.3 is 0 Å². The van der Waals surface area contributed by atoms with Crippen LogP contribution in [0.2, 0.25) is 0 Å². The normalized spacial score (nSPS) is 13.2. The molecule has 0 bridgehead atoms. The van der Waals surface area contributed by atoms with Gasteiger partial charge in [0.25, 0.3) is 0 Å². The van der Waals surface area contributed by atoms with E-state index in [4.69, 9.17) is 0 Å². The minimum Gasteiger partial charge on any atom is -0.293 e. The number of carbonyl (C=O) groups excluding carboxylic acids is 1. The van der Waals surface area contributed by atoms with Gasteiger partial charge in [-0.25, -0.2) is 0 Å². The van der Waals surface area contributed by atoms with Gasteiger partial charge in [-0.1, -0.05) is 30.3 Å². The lowest BCUT2D eigenvalue weighted by molar-refractivity contribution is 0.102. The van der Waals surface area contributed by atoms with Crippen LogP contribution >= 0.6 is 11.8 Å². The van der Waals surface area contributed by atoms with Crippen molar-refractivity contribution in [2.24, 2.45) is 0 Å². The number of ketones is 1. The summed E-state index contributed by atoms with van der Waals surface area (Å²) in [7, 11) is 0. The molecular formula is C20H17NOS. The fraction of sp³-hybridized carbons (Fsp3) is 0.200. The summed E-state index contributed by atoms with van der Waals surface area (Å²) in [6.45, 7) is 0. The van der Waals surface area contributed by atoms with Gasteiger partial charge >= 0.3 is 0 Å². The van der Waals surface area contributed by atoms with Crippen molar-refractivity contribution in [2.45, 2.75) is 24.2 Å². The summed E-state index contributed by atoms with van der Waals surface area (Å²) in [4.78, 5) is 18.0. The van der Waals surface area contributed by atoms with Gasteiger partial charge in [0.2, 0.25) is 0 Å². The predicted octanol–water partition coefficient (Wildman–Crippen LogP) is 4.70. The highest BCUT2D eigenvalue weighted by Gasteiger charge is 2.14. The van der Waals surface area contributed by atoms with Crippen LogP contribution in [0.1, 0.15) is 27.9 Å². The SMILES string of the molecule is O=C(CSc1ccnc2ccccc12)c1ccc2c(c1)CCC2. The Kier molecular flexibility index (Phi) is 3.88. The second kappa shape index (κ2) is 6.17. The van der Waals surface area contributed by atoms with Gasteiger partial charge in [0, 0.05) is 22.0 Å². The summed E-state index contributed by atoms with van der Waals surface area (Å²) in [6.07, 6.45) is 5.29. The summed E-state index contributed by atoms with van der Waals surface area (Å²) in [6, 6.07) is 16.3. The molecule has 0 saturated carbocycles. The van der Waals surface area contributed by atoms with Crippen molar-refractivity contribution >= 4 is 28.4 Å². The smallest absolute Gasteiger partial charge is 0.173 e. The zero-order valence-corrected chi connectivity index (χ0v) is 13.6. The number of aromatic nitrogens is 1. The number of hydrogen-bond donors (Lipinski definition) is 0. The van der Waals surface area contributed by atoms with Crippen molar-refractivity contribution in [1.29, 1.82) is 0 Å². The summed E-state index contributed by atoms with van der Waals surface area (Å²) in [5.74, 6) is 0.665. The molecule has 23 heavy (non-hydrogen) atoms. The monoisotopic (exact) mass is 319 g/mol. The Hall–Kier alpha value is -2.13. The number of benzene rings is 2. The number of thioether (sulfide) groups is 1. The number of rotatable bonds is 4. The first kappa shape index (κ1) is 14.5. The molecule has 2 aromatic carbocycles. The molecule has 3 aromatic rings. The van der Waals surface area contributed by atoms with Crippen LogP contribution in [0.4, 0.5) is 0 Å². The second-order valence-electron chi connectivity index (χ2n) is 5.88. The molecule has 0 amide bonds. The lowest BCUT2D eigenvalue weighted by Crippen LogP contribution is -2.03. The Balaban J connectivity index is 1.53. The summed E-state index contributed by atoms with van der Waals surface area (Å²) < 4.78 is 0. The highest BCUT2D eigenvalue weighted by Crippen LogP contribution is 2.28. The third kappa shape index (κ3) is 2.89. The molecule has 0 aliphatic heterocycles. The predicted molar refractivity (Wildman–Crippen MR) is 95.3 cm³/mol. The van der Waals surface area contributed by atoms with Crippen LogP contribution in [0, 0.1) is 0 Å². The van der Waals surface area contributed by atoms with E-state index >= 15 is 0 Å². The maximum Gasteiger partial charge on any atom is 0.173 e. The Morgan fingerprint density at radius 1 is 1.04 bits per heavy atom. The van der Waals surface area contributed by atoms with E-state index in [-0.39, 0.29) is 5.78 Å². The Labute approximate surface area is 139 Å². The van der Waals surface area contributed by atoms with Gasteiger partial charge in [0.1, 0.15) is 0 Å². The first-order valence-electron chi connectivity index (χ1n) is 7.93. The summed E-state index contributed by atoms with van der Waals surface area (Å²) >= 11 is 1.60. The Bertz CT molecular complexity index is 882. The molecule has 0 spiro atoms. The third-order valence-electron chi connectivity index (χ3n) is 4.39. The maximum atomic E-state index is 12.5. The zero-order valence-electron chi connectivity index (χ0n) is 12.8. The second-order valence-corrected chi connectivity index (χ2v) is 6.89. The van der Waals surface area contributed by atoms with Crippen molar-refractivity contribution in [2.75, 3.05) is 5.75 Å². The summed E-state index contributed by atoms with van der Waals surface area (Å²) in [5, 5.41) is 1.11. The van der Waals surface area contributed by atoms with Gasteiger partial charge in [-0.3, -0.25) is 9.78 Å². The number of nitrogens with zero attached hydrogens (tertiary/aromatic N) is 1. The van der Waals surface area contributed by atoms with Gasteiger partial charge in [0.15, 0.2) is 5.78 Å². The van der Waals surface area contributed by atoms with E-state index < -0.39 is 0 Å². The fourth-order valence-corrected chi connectivity index (χ4v) is 4.11. The van der Waals surface area contributed by atoms with E-state index in [1.807, 2.05) is 36.5 Å². The Morgan fingerprint density at radius 2 is 1.91 bits per heavy atom. The third-order valence-corrected chi connectivity index (χ3v) is 5.46. The lowest BCUT2D eigenvalue weighted by Gasteiger charge is -2.07. The van der Waals surface area contributed by atoms with Crippen LogP contribution in [0.5, 0.6) is 0 Å².